The Labute approximate surface area is 66.8 Å². The smallest absolute Gasteiger partial charge is 0.361 e. The van der Waals surface area contributed by atoms with E-state index < -0.39 is 13.8 Å². The first-order chi connectivity index (χ1) is 5.01. The van der Waals surface area contributed by atoms with Crippen molar-refractivity contribution in [2.75, 3.05) is 6.61 Å². The van der Waals surface area contributed by atoms with Gasteiger partial charge in [-0.15, -0.1) is 0 Å². The molecule has 0 saturated carbocycles. The van der Waals surface area contributed by atoms with Gasteiger partial charge in [-0.2, -0.15) is 4.89 Å². The number of hydrogen-bond donors (Lipinski definition) is 2. The standard InChI is InChI=1S/C6H12NO3P/c1-6(2)7-5(11(8)9)3-4-10-6/h5,7H,3-4H2,1-2H3/p+1. The molecule has 4 nitrogen and oxygen atoms in total. The van der Waals surface area contributed by atoms with Crippen molar-refractivity contribution < 1.29 is 14.2 Å². The fourth-order valence-electron chi connectivity index (χ4n) is 1.11. The topological polar surface area (TPSA) is 58.6 Å². The zero-order valence-electron chi connectivity index (χ0n) is 6.70. The third kappa shape index (κ3) is 2.49. The lowest BCUT2D eigenvalue weighted by molar-refractivity contribution is -0.0745. The van der Waals surface area contributed by atoms with Crippen LogP contribution in [0.15, 0.2) is 0 Å². The van der Waals surface area contributed by atoms with Gasteiger partial charge in [-0.3, -0.25) is 0 Å². The zero-order chi connectivity index (χ0) is 8.48. The van der Waals surface area contributed by atoms with Gasteiger partial charge in [0.05, 0.1) is 6.61 Å². The summed E-state index contributed by atoms with van der Waals surface area (Å²) < 4.78 is 16.0. The maximum atomic E-state index is 10.7. The Hall–Kier alpha value is -0.0200. The largest absolute Gasteiger partial charge is 0.524 e. The lowest BCUT2D eigenvalue weighted by atomic mass is 10.2. The summed E-state index contributed by atoms with van der Waals surface area (Å²) in [6.45, 7) is 4.24. The van der Waals surface area contributed by atoms with E-state index in [9.17, 15) is 4.57 Å². The van der Waals surface area contributed by atoms with Crippen LogP contribution in [0.4, 0.5) is 0 Å². The van der Waals surface area contributed by atoms with Crippen LogP contribution < -0.4 is 5.32 Å². The highest BCUT2D eigenvalue weighted by molar-refractivity contribution is 7.38. The third-order valence-electron chi connectivity index (χ3n) is 1.64. The predicted octanol–water partition coefficient (Wildman–Crippen LogP) is 0.793. The molecule has 2 N–H and O–H groups in total. The molecule has 1 rings (SSSR count). The second-order valence-electron chi connectivity index (χ2n) is 3.11. The second kappa shape index (κ2) is 3.15. The highest BCUT2D eigenvalue weighted by atomic mass is 31.1. The van der Waals surface area contributed by atoms with Crippen molar-refractivity contribution in [2.24, 2.45) is 0 Å². The van der Waals surface area contributed by atoms with E-state index in [0.29, 0.717) is 13.0 Å². The van der Waals surface area contributed by atoms with Gasteiger partial charge in [0.25, 0.3) is 0 Å². The van der Waals surface area contributed by atoms with E-state index >= 15 is 0 Å². The van der Waals surface area contributed by atoms with E-state index in [1.807, 2.05) is 13.8 Å². The molecular formula is C6H13NO3P+. The Morgan fingerprint density at radius 1 is 1.73 bits per heavy atom. The summed E-state index contributed by atoms with van der Waals surface area (Å²) in [5, 5.41) is 2.94. The van der Waals surface area contributed by atoms with Crippen LogP contribution in [0.1, 0.15) is 20.3 Å². The molecule has 0 aromatic heterocycles. The zero-order valence-corrected chi connectivity index (χ0v) is 7.60. The maximum Gasteiger partial charge on any atom is 0.524 e. The van der Waals surface area contributed by atoms with E-state index in [1.165, 1.54) is 0 Å². The van der Waals surface area contributed by atoms with E-state index in [1.54, 1.807) is 0 Å². The molecule has 2 unspecified atom stereocenters. The second-order valence-corrected chi connectivity index (χ2v) is 4.34. The quantitative estimate of drug-likeness (QED) is 0.583. The average molecular weight is 178 g/mol. The molecule has 2 atom stereocenters. The first-order valence-corrected chi connectivity index (χ1v) is 4.86. The summed E-state index contributed by atoms with van der Waals surface area (Å²) in [6.07, 6.45) is 0.606. The van der Waals surface area contributed by atoms with Crippen LogP contribution >= 0.6 is 8.03 Å². The lowest BCUT2D eigenvalue weighted by Gasteiger charge is -2.31. The molecular weight excluding hydrogens is 165 g/mol. The van der Waals surface area contributed by atoms with Crippen LogP contribution in [-0.2, 0) is 9.30 Å². The van der Waals surface area contributed by atoms with Gasteiger partial charge in [0.1, 0.15) is 5.72 Å². The monoisotopic (exact) mass is 178 g/mol. The molecule has 0 aromatic carbocycles. The average Bonchev–Trinajstić information content (AvgIpc) is 1.85. The number of rotatable bonds is 1. The normalized spacial score (nSPS) is 31.5. The van der Waals surface area contributed by atoms with E-state index in [0.717, 1.165) is 0 Å². The van der Waals surface area contributed by atoms with Crippen LogP contribution in [0.2, 0.25) is 0 Å². The highest BCUT2D eigenvalue weighted by Gasteiger charge is 2.38. The molecule has 0 radical (unpaired) electrons. The van der Waals surface area contributed by atoms with Gasteiger partial charge >= 0.3 is 8.03 Å². The number of nitrogens with one attached hydrogen (secondary N) is 1. The van der Waals surface area contributed by atoms with Crippen molar-refractivity contribution in [1.29, 1.82) is 0 Å². The van der Waals surface area contributed by atoms with Gasteiger partial charge in [-0.25, -0.2) is 5.32 Å². The fourth-order valence-corrected chi connectivity index (χ4v) is 1.85. The molecule has 5 heteroatoms. The molecule has 1 aliphatic rings. The number of ether oxygens (including phenoxy) is 1. The first-order valence-electron chi connectivity index (χ1n) is 3.58. The lowest BCUT2D eigenvalue weighted by Crippen LogP contribution is -2.51. The summed E-state index contributed by atoms with van der Waals surface area (Å²) in [6, 6.07) is 0. The van der Waals surface area contributed by atoms with Crippen LogP contribution in [0.25, 0.3) is 0 Å². The van der Waals surface area contributed by atoms with Crippen molar-refractivity contribution in [1.82, 2.24) is 5.32 Å². The highest BCUT2D eigenvalue weighted by Crippen LogP contribution is 2.28. The van der Waals surface area contributed by atoms with Crippen molar-refractivity contribution in [2.45, 2.75) is 31.8 Å². The van der Waals surface area contributed by atoms with E-state index in [-0.39, 0.29) is 5.78 Å². The SMILES string of the molecule is CC1(C)NC([P+](=O)O)CCO1. The molecule has 11 heavy (non-hydrogen) atoms. The van der Waals surface area contributed by atoms with Gasteiger partial charge in [0.15, 0.2) is 0 Å². The predicted molar refractivity (Wildman–Crippen MR) is 41.4 cm³/mol. The molecule has 0 bridgehead atoms. The Morgan fingerprint density at radius 3 is 2.73 bits per heavy atom. The van der Waals surface area contributed by atoms with Crippen molar-refractivity contribution in [3.63, 3.8) is 0 Å². The Balaban J connectivity index is 2.53. The summed E-state index contributed by atoms with van der Waals surface area (Å²) in [5.41, 5.74) is -0.462. The molecule has 0 aliphatic carbocycles. The summed E-state index contributed by atoms with van der Waals surface area (Å²) in [4.78, 5) is 8.80. The molecule has 0 aromatic rings. The van der Waals surface area contributed by atoms with Gasteiger partial charge < -0.3 is 4.74 Å². The van der Waals surface area contributed by atoms with Gasteiger partial charge in [-0.1, -0.05) is 0 Å². The summed E-state index contributed by atoms with van der Waals surface area (Å²) in [7, 11) is -2.12. The minimum Gasteiger partial charge on any atom is -0.361 e. The van der Waals surface area contributed by atoms with E-state index in [4.69, 9.17) is 9.63 Å². The molecule has 1 aliphatic heterocycles. The number of hydrogen-bond acceptors (Lipinski definition) is 3. The molecule has 0 spiro atoms. The van der Waals surface area contributed by atoms with Crippen LogP contribution in [0.5, 0.6) is 0 Å². The molecule has 64 valence electrons. The Kier molecular flexibility index (Phi) is 2.60. The molecule has 1 heterocycles. The first kappa shape index (κ1) is 9.07. The Bertz CT molecular complexity index is 171. The van der Waals surface area contributed by atoms with Gasteiger partial charge in [0.2, 0.25) is 5.78 Å². The minimum absolute atomic E-state index is 0.311. The van der Waals surface area contributed by atoms with Crippen molar-refractivity contribution in [3.05, 3.63) is 0 Å². The Morgan fingerprint density at radius 2 is 2.36 bits per heavy atom. The molecule has 0 amide bonds. The summed E-state index contributed by atoms with van der Waals surface area (Å²) in [5.74, 6) is -0.311. The van der Waals surface area contributed by atoms with Crippen LogP contribution in [-0.4, -0.2) is 23.0 Å². The van der Waals surface area contributed by atoms with Crippen LogP contribution in [0.3, 0.4) is 0 Å². The maximum absolute atomic E-state index is 10.7. The van der Waals surface area contributed by atoms with Gasteiger partial charge in [-0.05, 0) is 18.4 Å². The van der Waals surface area contributed by atoms with Crippen molar-refractivity contribution >= 4 is 8.03 Å². The summed E-state index contributed by atoms with van der Waals surface area (Å²) >= 11 is 0. The molecule has 1 fully saturated rings. The van der Waals surface area contributed by atoms with E-state index in [2.05, 4.69) is 5.32 Å². The van der Waals surface area contributed by atoms with Gasteiger partial charge in [0, 0.05) is 6.42 Å². The molecule has 1 saturated heterocycles. The minimum atomic E-state index is -2.12. The fraction of sp³-hybridized carbons (Fsp3) is 1.00. The van der Waals surface area contributed by atoms with Crippen LogP contribution in [0, 0.1) is 0 Å². The third-order valence-corrected chi connectivity index (χ3v) is 2.56. The van der Waals surface area contributed by atoms with Crippen molar-refractivity contribution in [3.8, 4) is 0 Å².